The molecule has 0 aliphatic carbocycles. The van der Waals surface area contributed by atoms with Gasteiger partial charge in [-0.15, -0.1) is 23.1 Å². The zero-order valence-corrected chi connectivity index (χ0v) is 22.0. The SMILES string of the molecule is NC(=O)c1ccc[n+](CC2=C(C(=O)[O-])N3C(=O)C(NC(=O)C(=NOC4CSC4)c4csc(N)n4)[C@H]3SC2)c1. The predicted molar refractivity (Wildman–Crippen MR) is 137 cm³/mol. The first-order valence-electron chi connectivity index (χ1n) is 11.2. The molecule has 3 aliphatic heterocycles. The highest BCUT2D eigenvalue weighted by molar-refractivity contribution is 8.00. The summed E-state index contributed by atoms with van der Waals surface area (Å²) in [5.41, 5.74) is 11.6. The Labute approximate surface area is 228 Å². The molecule has 0 saturated carbocycles. The van der Waals surface area contributed by atoms with Crippen LogP contribution in [0.2, 0.25) is 0 Å². The van der Waals surface area contributed by atoms with E-state index < -0.39 is 35.1 Å². The number of nitrogens with zero attached hydrogens (tertiary/aromatic N) is 4. The van der Waals surface area contributed by atoms with Crippen molar-refractivity contribution in [2.45, 2.75) is 24.1 Å². The first kappa shape index (κ1) is 26.0. The van der Waals surface area contributed by atoms with E-state index in [1.165, 1.54) is 18.0 Å². The molecule has 5 rings (SSSR count). The van der Waals surface area contributed by atoms with Gasteiger partial charge < -0.3 is 31.5 Å². The van der Waals surface area contributed by atoms with Gasteiger partial charge in [-0.25, -0.2) is 9.55 Å². The molecule has 198 valence electrons. The fourth-order valence-electron chi connectivity index (χ4n) is 3.99. The highest BCUT2D eigenvalue weighted by Crippen LogP contribution is 2.40. The molecule has 0 radical (unpaired) electrons. The summed E-state index contributed by atoms with van der Waals surface area (Å²) in [6.07, 6.45) is 3.03. The number of aromatic nitrogens is 2. The fourth-order valence-corrected chi connectivity index (χ4v) is 6.43. The summed E-state index contributed by atoms with van der Waals surface area (Å²) in [4.78, 5) is 60.4. The number of amides is 3. The first-order chi connectivity index (χ1) is 18.2. The van der Waals surface area contributed by atoms with Gasteiger partial charge in [0.1, 0.15) is 28.8 Å². The number of nitrogens with two attached hydrogens (primary N) is 2. The molecule has 3 aliphatic rings. The second-order valence-electron chi connectivity index (χ2n) is 8.51. The lowest BCUT2D eigenvalue weighted by molar-refractivity contribution is -0.689. The van der Waals surface area contributed by atoms with Crippen molar-refractivity contribution >= 4 is 69.4 Å². The third kappa shape index (κ3) is 5.06. The number of nitrogens with one attached hydrogen (secondary N) is 1. The van der Waals surface area contributed by atoms with Gasteiger partial charge in [-0.05, 0) is 6.07 Å². The Morgan fingerprint density at radius 3 is 2.76 bits per heavy atom. The molecule has 1 unspecified atom stereocenters. The minimum Gasteiger partial charge on any atom is -0.543 e. The van der Waals surface area contributed by atoms with E-state index >= 15 is 0 Å². The Kier molecular flexibility index (Phi) is 7.27. The number of β-lactam (4-membered cyclic amide) rings is 1. The van der Waals surface area contributed by atoms with Gasteiger partial charge >= 0.3 is 0 Å². The number of primary amides is 1. The Balaban J connectivity index is 1.34. The maximum absolute atomic E-state index is 13.1. The molecule has 2 fully saturated rings. The van der Waals surface area contributed by atoms with E-state index in [9.17, 15) is 24.3 Å². The molecule has 5 heterocycles. The molecule has 5 N–H and O–H groups in total. The molecule has 16 heteroatoms. The van der Waals surface area contributed by atoms with E-state index in [-0.39, 0.29) is 46.2 Å². The van der Waals surface area contributed by atoms with Crippen LogP contribution in [0.1, 0.15) is 16.1 Å². The molecular formula is C22H21N7O6S3. The quantitative estimate of drug-likeness (QED) is 0.131. The zero-order chi connectivity index (χ0) is 27.0. The van der Waals surface area contributed by atoms with Gasteiger partial charge in [-0.2, -0.15) is 11.8 Å². The van der Waals surface area contributed by atoms with Crippen molar-refractivity contribution in [2.24, 2.45) is 10.9 Å². The molecule has 38 heavy (non-hydrogen) atoms. The second kappa shape index (κ2) is 10.6. The summed E-state index contributed by atoms with van der Waals surface area (Å²) in [5, 5.41) is 19.8. The van der Waals surface area contributed by atoms with E-state index in [1.54, 1.807) is 40.0 Å². The summed E-state index contributed by atoms with van der Waals surface area (Å²) in [6.45, 7) is 0.101. The van der Waals surface area contributed by atoms with E-state index in [0.29, 0.717) is 5.57 Å². The number of carboxylic acids is 1. The van der Waals surface area contributed by atoms with Gasteiger partial charge in [0, 0.05) is 34.3 Å². The van der Waals surface area contributed by atoms with Gasteiger partial charge in [0.05, 0.1) is 11.7 Å². The summed E-state index contributed by atoms with van der Waals surface area (Å²) < 4.78 is 1.60. The topological polar surface area (TPSA) is 197 Å². The Morgan fingerprint density at radius 2 is 2.13 bits per heavy atom. The van der Waals surface area contributed by atoms with Gasteiger partial charge in [-0.3, -0.25) is 19.3 Å². The van der Waals surface area contributed by atoms with Gasteiger partial charge in [0.25, 0.3) is 17.7 Å². The Morgan fingerprint density at radius 1 is 1.34 bits per heavy atom. The van der Waals surface area contributed by atoms with Crippen LogP contribution in [0.25, 0.3) is 0 Å². The number of oxime groups is 1. The Hall–Kier alpha value is -3.63. The number of pyridine rings is 1. The van der Waals surface area contributed by atoms with Crippen LogP contribution in [-0.4, -0.2) is 74.1 Å². The molecule has 2 aromatic rings. The number of carboxylic acid groups (broad SMARTS) is 1. The highest BCUT2D eigenvalue weighted by Gasteiger charge is 2.53. The lowest BCUT2D eigenvalue weighted by Crippen LogP contribution is -2.71. The standard InChI is InChI=1S/C22H21N7O6S3/c23-17(30)10-2-1-3-28(4-10)5-11-6-37-20-15(19(32)29(20)16(11)21(33)34)26-18(31)14(13-9-38-22(24)25-13)27-35-12-7-36-8-12/h1-4,9,12,15,20H,5-8H2,(H5-,23,24,25,26,30,31,33,34)/t15?,20-/m1/s1. The number of rotatable bonds is 9. The van der Waals surface area contributed by atoms with E-state index in [4.69, 9.17) is 16.3 Å². The largest absolute Gasteiger partial charge is 0.543 e. The summed E-state index contributed by atoms with van der Waals surface area (Å²) >= 11 is 4.11. The van der Waals surface area contributed by atoms with E-state index in [0.717, 1.165) is 27.7 Å². The maximum atomic E-state index is 13.1. The number of thioether (sulfide) groups is 2. The van der Waals surface area contributed by atoms with Gasteiger partial charge in [0.15, 0.2) is 29.8 Å². The van der Waals surface area contributed by atoms with Crippen molar-refractivity contribution in [1.82, 2.24) is 15.2 Å². The van der Waals surface area contributed by atoms with Crippen molar-refractivity contribution in [3.05, 3.63) is 52.4 Å². The summed E-state index contributed by atoms with van der Waals surface area (Å²) in [6, 6.07) is 2.16. The van der Waals surface area contributed by atoms with Crippen molar-refractivity contribution in [1.29, 1.82) is 0 Å². The molecule has 2 aromatic heterocycles. The van der Waals surface area contributed by atoms with Crippen molar-refractivity contribution < 1.29 is 33.7 Å². The number of hydrogen-bond donors (Lipinski definition) is 3. The number of fused-ring (bicyclic) bond motifs is 1. The lowest BCUT2D eigenvalue weighted by atomic mass is 10.0. The minimum atomic E-state index is -1.51. The molecule has 2 saturated heterocycles. The van der Waals surface area contributed by atoms with Crippen LogP contribution < -0.4 is 26.5 Å². The number of aliphatic carboxylic acids is 1. The van der Waals surface area contributed by atoms with Crippen LogP contribution in [0, 0.1) is 0 Å². The van der Waals surface area contributed by atoms with Gasteiger partial charge in [-0.1, -0.05) is 5.16 Å². The molecule has 13 nitrogen and oxygen atoms in total. The average molecular weight is 576 g/mol. The van der Waals surface area contributed by atoms with Crippen LogP contribution in [0.4, 0.5) is 5.13 Å². The third-order valence-electron chi connectivity index (χ3n) is 5.92. The monoisotopic (exact) mass is 575 g/mol. The summed E-state index contributed by atoms with van der Waals surface area (Å²) in [5.74, 6) is -1.67. The first-order valence-corrected chi connectivity index (χ1v) is 14.3. The van der Waals surface area contributed by atoms with Crippen molar-refractivity contribution in [2.75, 3.05) is 23.0 Å². The Bertz CT molecular complexity index is 1390. The molecule has 3 amide bonds. The van der Waals surface area contributed by atoms with Crippen LogP contribution in [-0.2, 0) is 25.8 Å². The highest BCUT2D eigenvalue weighted by atomic mass is 32.2. The number of thiazole rings is 1. The molecule has 0 aromatic carbocycles. The zero-order valence-electron chi connectivity index (χ0n) is 19.6. The normalized spacial score (nSPS) is 21.3. The number of nitrogen functional groups attached to an aromatic ring is 1. The number of hydrogen-bond acceptors (Lipinski definition) is 12. The maximum Gasteiger partial charge on any atom is 0.276 e. The molecule has 0 bridgehead atoms. The average Bonchev–Trinajstić information content (AvgIpc) is 3.29. The van der Waals surface area contributed by atoms with Gasteiger partial charge in [0.2, 0.25) is 0 Å². The molecular weight excluding hydrogens is 554 g/mol. The van der Waals surface area contributed by atoms with Crippen LogP contribution in [0.15, 0.2) is 46.3 Å². The van der Waals surface area contributed by atoms with Crippen molar-refractivity contribution in [3.8, 4) is 0 Å². The second-order valence-corrected chi connectivity index (χ2v) is 11.6. The summed E-state index contributed by atoms with van der Waals surface area (Å²) in [7, 11) is 0. The minimum absolute atomic E-state index is 0.101. The molecule has 2 atom stereocenters. The smallest absolute Gasteiger partial charge is 0.276 e. The lowest BCUT2D eigenvalue weighted by Gasteiger charge is -2.50. The third-order valence-corrected chi connectivity index (χ3v) is 9.15. The number of carbonyl (C=O) groups excluding carboxylic acids is 4. The molecule has 0 spiro atoms. The van der Waals surface area contributed by atoms with Crippen LogP contribution in [0.3, 0.4) is 0 Å². The van der Waals surface area contributed by atoms with Crippen LogP contribution in [0.5, 0.6) is 0 Å². The fraction of sp³-hybridized carbons (Fsp3) is 0.318. The van der Waals surface area contributed by atoms with Crippen molar-refractivity contribution in [3.63, 3.8) is 0 Å². The van der Waals surface area contributed by atoms with E-state index in [1.807, 2.05) is 0 Å². The van der Waals surface area contributed by atoms with E-state index in [2.05, 4.69) is 15.5 Å². The van der Waals surface area contributed by atoms with Crippen LogP contribution >= 0.6 is 34.9 Å². The number of anilines is 1. The number of carbonyl (C=O) groups is 4. The predicted octanol–water partition coefficient (Wildman–Crippen LogP) is -1.95.